The third-order valence-corrected chi connectivity index (χ3v) is 5.56. The molecule has 2 aliphatic heterocycles. The first kappa shape index (κ1) is 16.4. The van der Waals surface area contributed by atoms with Crippen LogP contribution in [0.4, 0.5) is 11.5 Å². The quantitative estimate of drug-likeness (QED) is 0.817. The van der Waals surface area contributed by atoms with Crippen LogP contribution < -0.4 is 10.2 Å². The normalized spacial score (nSPS) is 20.3. The smallest absolute Gasteiger partial charge is 0.128 e. The highest BCUT2D eigenvalue weighted by atomic mass is 15.3. The van der Waals surface area contributed by atoms with Gasteiger partial charge >= 0.3 is 0 Å². The van der Waals surface area contributed by atoms with Crippen molar-refractivity contribution in [1.29, 1.82) is 0 Å². The molecule has 0 aliphatic carbocycles. The van der Waals surface area contributed by atoms with Gasteiger partial charge in [0.25, 0.3) is 0 Å². The molecule has 1 aromatic carbocycles. The van der Waals surface area contributed by atoms with E-state index in [1.54, 1.807) is 0 Å². The number of fused-ring (bicyclic) bond motifs is 1. The Morgan fingerprint density at radius 3 is 2.64 bits per heavy atom. The SMILES string of the molecule is c1ccc(N2CCN(CCCCC3CNc4ccccc43)CC2)nc1. The number of rotatable bonds is 6. The summed E-state index contributed by atoms with van der Waals surface area (Å²) in [4.78, 5) is 9.48. The van der Waals surface area contributed by atoms with Gasteiger partial charge in [0.2, 0.25) is 0 Å². The van der Waals surface area contributed by atoms with Crippen LogP contribution in [0.5, 0.6) is 0 Å². The molecule has 4 heteroatoms. The standard InChI is InChI=1S/C21H28N4/c1-2-9-20-19(8-1)18(17-23-20)7-4-6-12-24-13-15-25(16-14-24)21-10-3-5-11-22-21/h1-3,5,8-11,18,23H,4,6-7,12-17H2. The summed E-state index contributed by atoms with van der Waals surface area (Å²) in [6, 6.07) is 15.0. The second-order valence-corrected chi connectivity index (χ2v) is 7.18. The fourth-order valence-electron chi connectivity index (χ4n) is 4.08. The number of hydrogen-bond acceptors (Lipinski definition) is 4. The fraction of sp³-hybridized carbons (Fsp3) is 0.476. The van der Waals surface area contributed by atoms with Crippen molar-refractivity contribution in [3.63, 3.8) is 0 Å². The number of benzene rings is 1. The van der Waals surface area contributed by atoms with Gasteiger partial charge in [0.15, 0.2) is 0 Å². The first-order valence-electron chi connectivity index (χ1n) is 9.61. The van der Waals surface area contributed by atoms with Crippen molar-refractivity contribution >= 4 is 11.5 Å². The molecular formula is C21H28N4. The van der Waals surface area contributed by atoms with Gasteiger partial charge in [-0.1, -0.05) is 30.7 Å². The number of para-hydroxylation sites is 1. The minimum absolute atomic E-state index is 0.706. The average molecular weight is 336 g/mol. The highest BCUT2D eigenvalue weighted by Gasteiger charge is 2.21. The number of anilines is 2. The number of nitrogens with one attached hydrogen (secondary N) is 1. The summed E-state index contributed by atoms with van der Waals surface area (Å²) in [6.45, 7) is 6.85. The number of nitrogens with zero attached hydrogens (tertiary/aromatic N) is 3. The minimum atomic E-state index is 0.706. The van der Waals surface area contributed by atoms with Gasteiger partial charge in [-0.05, 0) is 43.1 Å². The van der Waals surface area contributed by atoms with Gasteiger partial charge in [0.05, 0.1) is 0 Å². The van der Waals surface area contributed by atoms with E-state index >= 15 is 0 Å². The summed E-state index contributed by atoms with van der Waals surface area (Å²) in [5, 5.41) is 3.54. The van der Waals surface area contributed by atoms with Crippen LogP contribution in [0, 0.1) is 0 Å². The molecule has 1 aromatic heterocycles. The minimum Gasteiger partial charge on any atom is -0.384 e. The van der Waals surface area contributed by atoms with Gasteiger partial charge in [0, 0.05) is 50.5 Å². The van der Waals surface area contributed by atoms with Crippen molar-refractivity contribution < 1.29 is 0 Å². The summed E-state index contributed by atoms with van der Waals surface area (Å²) in [7, 11) is 0. The Balaban J connectivity index is 1.16. The van der Waals surface area contributed by atoms with Crippen LogP contribution in [-0.4, -0.2) is 49.2 Å². The summed E-state index contributed by atoms with van der Waals surface area (Å²) in [5.74, 6) is 1.83. The third kappa shape index (κ3) is 3.96. The van der Waals surface area contributed by atoms with Crippen molar-refractivity contribution in [2.24, 2.45) is 0 Å². The summed E-state index contributed by atoms with van der Waals surface area (Å²) in [6.07, 6.45) is 5.82. The van der Waals surface area contributed by atoms with E-state index in [2.05, 4.69) is 56.5 Å². The molecule has 4 rings (SSSR count). The van der Waals surface area contributed by atoms with Crippen LogP contribution in [0.2, 0.25) is 0 Å². The highest BCUT2D eigenvalue weighted by Crippen LogP contribution is 2.34. The van der Waals surface area contributed by atoms with E-state index in [1.165, 1.54) is 37.1 Å². The molecule has 132 valence electrons. The predicted octanol–water partition coefficient (Wildman–Crippen LogP) is 3.58. The molecule has 1 N–H and O–H groups in total. The second kappa shape index (κ2) is 7.87. The van der Waals surface area contributed by atoms with Gasteiger partial charge in [-0.3, -0.25) is 4.90 Å². The van der Waals surface area contributed by atoms with Crippen molar-refractivity contribution in [2.75, 3.05) is 49.5 Å². The Kier molecular flexibility index (Phi) is 5.17. The monoisotopic (exact) mass is 336 g/mol. The van der Waals surface area contributed by atoms with E-state index in [0.717, 1.165) is 38.5 Å². The van der Waals surface area contributed by atoms with Crippen molar-refractivity contribution in [2.45, 2.75) is 25.2 Å². The second-order valence-electron chi connectivity index (χ2n) is 7.18. The molecule has 0 amide bonds. The molecular weight excluding hydrogens is 308 g/mol. The lowest BCUT2D eigenvalue weighted by Crippen LogP contribution is -2.46. The number of aromatic nitrogens is 1. The molecule has 3 heterocycles. The van der Waals surface area contributed by atoms with Crippen molar-refractivity contribution in [1.82, 2.24) is 9.88 Å². The number of unbranched alkanes of at least 4 members (excludes halogenated alkanes) is 1. The molecule has 1 unspecified atom stereocenters. The van der Waals surface area contributed by atoms with Gasteiger partial charge in [0.1, 0.15) is 5.82 Å². The number of pyridine rings is 1. The predicted molar refractivity (Wildman–Crippen MR) is 104 cm³/mol. The van der Waals surface area contributed by atoms with E-state index in [4.69, 9.17) is 0 Å². The van der Waals surface area contributed by atoms with Crippen molar-refractivity contribution in [3.8, 4) is 0 Å². The molecule has 1 atom stereocenters. The summed E-state index contributed by atoms with van der Waals surface area (Å²) < 4.78 is 0. The zero-order valence-corrected chi connectivity index (χ0v) is 14.9. The number of piperazine rings is 1. The molecule has 0 saturated carbocycles. The maximum Gasteiger partial charge on any atom is 0.128 e. The Labute approximate surface area is 150 Å². The third-order valence-electron chi connectivity index (χ3n) is 5.56. The molecule has 0 bridgehead atoms. The first-order chi connectivity index (χ1) is 12.4. The lowest BCUT2D eigenvalue weighted by molar-refractivity contribution is 0.251. The molecule has 25 heavy (non-hydrogen) atoms. The van der Waals surface area contributed by atoms with Crippen LogP contribution in [0.25, 0.3) is 0 Å². The summed E-state index contributed by atoms with van der Waals surface area (Å²) in [5.41, 5.74) is 2.87. The topological polar surface area (TPSA) is 31.4 Å². The Morgan fingerprint density at radius 1 is 0.960 bits per heavy atom. The number of hydrogen-bond donors (Lipinski definition) is 1. The highest BCUT2D eigenvalue weighted by molar-refractivity contribution is 5.57. The Morgan fingerprint density at radius 2 is 1.80 bits per heavy atom. The lowest BCUT2D eigenvalue weighted by atomic mass is 9.95. The van der Waals surface area contributed by atoms with E-state index in [1.807, 2.05) is 12.3 Å². The molecule has 1 fully saturated rings. The zero-order chi connectivity index (χ0) is 16.9. The van der Waals surface area contributed by atoms with E-state index in [-0.39, 0.29) is 0 Å². The molecule has 2 aromatic rings. The fourth-order valence-corrected chi connectivity index (χ4v) is 4.08. The Bertz CT molecular complexity index is 665. The van der Waals surface area contributed by atoms with Gasteiger partial charge in [-0.15, -0.1) is 0 Å². The molecule has 4 nitrogen and oxygen atoms in total. The van der Waals surface area contributed by atoms with E-state index in [9.17, 15) is 0 Å². The van der Waals surface area contributed by atoms with Crippen LogP contribution >= 0.6 is 0 Å². The van der Waals surface area contributed by atoms with Gasteiger partial charge in [-0.25, -0.2) is 4.98 Å². The van der Waals surface area contributed by atoms with Crippen LogP contribution in [0.3, 0.4) is 0 Å². The van der Waals surface area contributed by atoms with Crippen molar-refractivity contribution in [3.05, 3.63) is 54.2 Å². The maximum absolute atomic E-state index is 4.47. The van der Waals surface area contributed by atoms with Crippen LogP contribution in [-0.2, 0) is 0 Å². The molecule has 2 aliphatic rings. The lowest BCUT2D eigenvalue weighted by Gasteiger charge is -2.35. The van der Waals surface area contributed by atoms with Gasteiger partial charge < -0.3 is 10.2 Å². The van der Waals surface area contributed by atoms with Gasteiger partial charge in [-0.2, -0.15) is 0 Å². The van der Waals surface area contributed by atoms with E-state index in [0.29, 0.717) is 5.92 Å². The largest absolute Gasteiger partial charge is 0.384 e. The maximum atomic E-state index is 4.47. The van der Waals surface area contributed by atoms with Crippen LogP contribution in [0.15, 0.2) is 48.7 Å². The first-order valence-corrected chi connectivity index (χ1v) is 9.61. The summed E-state index contributed by atoms with van der Waals surface area (Å²) >= 11 is 0. The molecule has 1 saturated heterocycles. The van der Waals surface area contributed by atoms with E-state index < -0.39 is 0 Å². The molecule has 0 radical (unpaired) electrons. The molecule has 0 spiro atoms. The Hall–Kier alpha value is -2.07. The zero-order valence-electron chi connectivity index (χ0n) is 14.9. The average Bonchev–Trinajstić information content (AvgIpc) is 3.10. The van der Waals surface area contributed by atoms with Crippen LogP contribution in [0.1, 0.15) is 30.7 Å².